The molecule has 0 spiro atoms. The third-order valence-electron chi connectivity index (χ3n) is 2.39. The molecule has 0 aromatic carbocycles. The summed E-state index contributed by atoms with van der Waals surface area (Å²) in [6, 6.07) is -0.540. The van der Waals surface area contributed by atoms with Gasteiger partial charge >= 0.3 is 6.03 Å². The van der Waals surface area contributed by atoms with Gasteiger partial charge in [0.05, 0.1) is 12.4 Å². The van der Waals surface area contributed by atoms with Crippen molar-refractivity contribution >= 4 is 23.7 Å². The molecule has 0 saturated carbocycles. The summed E-state index contributed by atoms with van der Waals surface area (Å²) in [6.45, 7) is 6.78. The van der Waals surface area contributed by atoms with Crippen LogP contribution >= 0.6 is 11.8 Å². The number of carbonyl (C=O) groups is 2. The van der Waals surface area contributed by atoms with E-state index in [9.17, 15) is 9.59 Å². The standard InChI is InChI=1S/C12H19N5O3S/c1-4-6-17-9(2)15-16-12(17)21-8-10(18)14-11(19)13-5-7-20-3/h4H,1,5-8H2,2-3H3,(H2,13,14,18,19). The molecule has 0 aliphatic rings. The molecule has 8 nitrogen and oxygen atoms in total. The van der Waals surface area contributed by atoms with Crippen LogP contribution in [0.5, 0.6) is 0 Å². The molecular formula is C12H19N5O3S. The molecule has 0 bridgehead atoms. The quantitative estimate of drug-likeness (QED) is 0.408. The van der Waals surface area contributed by atoms with Crippen LogP contribution < -0.4 is 10.6 Å². The zero-order valence-corrected chi connectivity index (χ0v) is 12.9. The number of hydrogen-bond donors (Lipinski definition) is 2. The summed E-state index contributed by atoms with van der Waals surface area (Å²) < 4.78 is 6.62. The summed E-state index contributed by atoms with van der Waals surface area (Å²) in [5, 5.41) is 13.3. The van der Waals surface area contributed by atoms with Crippen LogP contribution in [0.1, 0.15) is 5.82 Å². The van der Waals surface area contributed by atoms with Gasteiger partial charge in [0.25, 0.3) is 0 Å². The van der Waals surface area contributed by atoms with Gasteiger partial charge in [-0.15, -0.1) is 16.8 Å². The summed E-state index contributed by atoms with van der Waals surface area (Å²) in [6.07, 6.45) is 1.73. The van der Waals surface area contributed by atoms with E-state index >= 15 is 0 Å². The molecule has 1 rings (SSSR count). The first-order valence-corrected chi connectivity index (χ1v) is 7.27. The zero-order chi connectivity index (χ0) is 15.7. The molecule has 21 heavy (non-hydrogen) atoms. The molecule has 0 radical (unpaired) electrons. The molecule has 0 atom stereocenters. The monoisotopic (exact) mass is 313 g/mol. The number of imide groups is 1. The molecule has 9 heteroatoms. The lowest BCUT2D eigenvalue weighted by Crippen LogP contribution is -2.41. The van der Waals surface area contributed by atoms with Gasteiger partial charge < -0.3 is 14.6 Å². The van der Waals surface area contributed by atoms with Crippen molar-refractivity contribution < 1.29 is 14.3 Å². The Kier molecular flexibility index (Phi) is 7.48. The first-order valence-electron chi connectivity index (χ1n) is 6.28. The van der Waals surface area contributed by atoms with Crippen LogP contribution in [-0.2, 0) is 16.1 Å². The SMILES string of the molecule is C=CCn1c(C)nnc1SCC(=O)NC(=O)NCCOC. The Morgan fingerprint density at radius 3 is 2.90 bits per heavy atom. The molecule has 1 aromatic heterocycles. The molecule has 1 heterocycles. The number of allylic oxidation sites excluding steroid dienone is 1. The summed E-state index contributed by atoms with van der Waals surface area (Å²) in [7, 11) is 1.53. The van der Waals surface area contributed by atoms with Crippen molar-refractivity contribution in [1.82, 2.24) is 25.4 Å². The number of aromatic nitrogens is 3. The smallest absolute Gasteiger partial charge is 0.321 e. The Hall–Kier alpha value is -1.87. The number of nitrogens with one attached hydrogen (secondary N) is 2. The van der Waals surface area contributed by atoms with Gasteiger partial charge in [-0.25, -0.2) is 4.79 Å². The van der Waals surface area contributed by atoms with Crippen molar-refractivity contribution in [3.63, 3.8) is 0 Å². The Balaban J connectivity index is 2.39. The van der Waals surface area contributed by atoms with Gasteiger partial charge in [-0.1, -0.05) is 17.8 Å². The highest BCUT2D eigenvalue weighted by molar-refractivity contribution is 7.99. The van der Waals surface area contributed by atoms with Crippen LogP contribution in [0.15, 0.2) is 17.8 Å². The molecular weight excluding hydrogens is 294 g/mol. The maximum atomic E-state index is 11.6. The second-order valence-corrected chi connectivity index (χ2v) is 4.96. The fourth-order valence-corrected chi connectivity index (χ4v) is 2.20. The largest absolute Gasteiger partial charge is 0.383 e. The Morgan fingerprint density at radius 2 is 2.24 bits per heavy atom. The van der Waals surface area contributed by atoms with E-state index in [4.69, 9.17) is 4.74 Å². The number of rotatable bonds is 8. The van der Waals surface area contributed by atoms with Crippen LogP contribution in [0.25, 0.3) is 0 Å². The minimum Gasteiger partial charge on any atom is -0.383 e. The Bertz CT molecular complexity index is 503. The number of amides is 3. The van der Waals surface area contributed by atoms with E-state index < -0.39 is 11.9 Å². The molecule has 0 saturated heterocycles. The van der Waals surface area contributed by atoms with Crippen molar-refractivity contribution in [2.24, 2.45) is 0 Å². The van der Waals surface area contributed by atoms with Gasteiger partial charge in [0.1, 0.15) is 5.82 Å². The van der Waals surface area contributed by atoms with Gasteiger partial charge in [-0.05, 0) is 6.92 Å². The number of urea groups is 1. The summed E-state index contributed by atoms with van der Waals surface area (Å²) in [4.78, 5) is 23.0. The van der Waals surface area contributed by atoms with Crippen molar-refractivity contribution in [1.29, 1.82) is 0 Å². The van der Waals surface area contributed by atoms with E-state index in [0.717, 1.165) is 5.82 Å². The highest BCUT2D eigenvalue weighted by Gasteiger charge is 2.12. The lowest BCUT2D eigenvalue weighted by Gasteiger charge is -2.07. The minimum atomic E-state index is -0.540. The molecule has 3 amide bonds. The first kappa shape index (κ1) is 17.2. The topological polar surface area (TPSA) is 98.1 Å². The maximum Gasteiger partial charge on any atom is 0.321 e. The molecule has 0 aliphatic heterocycles. The van der Waals surface area contributed by atoms with E-state index in [-0.39, 0.29) is 5.75 Å². The maximum absolute atomic E-state index is 11.6. The summed E-state index contributed by atoms with van der Waals surface area (Å²) in [5.74, 6) is 0.420. The van der Waals surface area contributed by atoms with Crippen molar-refractivity contribution in [2.45, 2.75) is 18.6 Å². The fourth-order valence-electron chi connectivity index (χ4n) is 1.41. The third kappa shape index (κ3) is 5.96. The van der Waals surface area contributed by atoms with Crippen LogP contribution in [0.4, 0.5) is 4.79 Å². The first-order chi connectivity index (χ1) is 10.1. The van der Waals surface area contributed by atoms with Gasteiger partial charge in [0.2, 0.25) is 5.91 Å². The predicted octanol–water partition coefficient (Wildman–Crippen LogP) is 0.337. The Morgan fingerprint density at radius 1 is 1.48 bits per heavy atom. The van der Waals surface area contributed by atoms with E-state index in [1.54, 1.807) is 6.08 Å². The van der Waals surface area contributed by atoms with E-state index in [0.29, 0.717) is 24.9 Å². The number of nitrogens with zero attached hydrogens (tertiary/aromatic N) is 3. The molecule has 116 valence electrons. The molecule has 1 aromatic rings. The number of aryl methyl sites for hydroxylation is 1. The lowest BCUT2D eigenvalue weighted by atomic mass is 10.6. The van der Waals surface area contributed by atoms with Gasteiger partial charge in [-0.3, -0.25) is 10.1 Å². The number of methoxy groups -OCH3 is 1. The van der Waals surface area contributed by atoms with Crippen LogP contribution in [-0.4, -0.2) is 52.7 Å². The average Bonchev–Trinajstić information content (AvgIpc) is 2.78. The second kappa shape index (κ2) is 9.14. The average molecular weight is 313 g/mol. The number of thioether (sulfide) groups is 1. The fraction of sp³-hybridized carbons (Fsp3) is 0.500. The second-order valence-electron chi connectivity index (χ2n) is 4.01. The molecule has 0 aliphatic carbocycles. The van der Waals surface area contributed by atoms with Crippen LogP contribution in [0.3, 0.4) is 0 Å². The van der Waals surface area contributed by atoms with Crippen LogP contribution in [0, 0.1) is 6.92 Å². The number of ether oxygens (including phenoxy) is 1. The Labute approximate surface area is 127 Å². The van der Waals surface area contributed by atoms with Gasteiger partial charge in [-0.2, -0.15) is 0 Å². The van der Waals surface area contributed by atoms with E-state index in [1.165, 1.54) is 18.9 Å². The zero-order valence-electron chi connectivity index (χ0n) is 12.1. The molecule has 0 fully saturated rings. The summed E-state index contributed by atoms with van der Waals surface area (Å²) in [5.41, 5.74) is 0. The minimum absolute atomic E-state index is 0.0764. The molecule has 2 N–H and O–H groups in total. The summed E-state index contributed by atoms with van der Waals surface area (Å²) >= 11 is 1.21. The lowest BCUT2D eigenvalue weighted by molar-refractivity contribution is -0.117. The van der Waals surface area contributed by atoms with E-state index in [1.807, 2.05) is 11.5 Å². The third-order valence-corrected chi connectivity index (χ3v) is 3.36. The van der Waals surface area contributed by atoms with Crippen molar-refractivity contribution in [3.8, 4) is 0 Å². The van der Waals surface area contributed by atoms with Crippen LogP contribution in [0.2, 0.25) is 0 Å². The van der Waals surface area contributed by atoms with Gasteiger partial charge in [0, 0.05) is 20.2 Å². The molecule has 0 unspecified atom stereocenters. The normalized spacial score (nSPS) is 10.2. The number of hydrogen-bond acceptors (Lipinski definition) is 6. The predicted molar refractivity (Wildman–Crippen MR) is 79.1 cm³/mol. The van der Waals surface area contributed by atoms with E-state index in [2.05, 4.69) is 27.4 Å². The highest BCUT2D eigenvalue weighted by atomic mass is 32.2. The van der Waals surface area contributed by atoms with Gasteiger partial charge in [0.15, 0.2) is 5.16 Å². The van der Waals surface area contributed by atoms with Crippen molar-refractivity contribution in [2.75, 3.05) is 26.0 Å². The highest BCUT2D eigenvalue weighted by Crippen LogP contribution is 2.16. The number of carbonyl (C=O) groups excluding carboxylic acids is 2. The van der Waals surface area contributed by atoms with Crippen molar-refractivity contribution in [3.05, 3.63) is 18.5 Å².